The van der Waals surface area contributed by atoms with Gasteiger partial charge in [0, 0.05) is 25.2 Å². The molecule has 20 heavy (non-hydrogen) atoms. The van der Waals surface area contributed by atoms with E-state index in [1.807, 2.05) is 12.3 Å². The van der Waals surface area contributed by atoms with Gasteiger partial charge in [-0.1, -0.05) is 0 Å². The van der Waals surface area contributed by atoms with Crippen molar-refractivity contribution in [3.8, 4) is 5.95 Å². The molecule has 1 saturated carbocycles. The molecule has 7 heteroatoms. The lowest BCUT2D eigenvalue weighted by Gasteiger charge is -2.15. The Bertz CT molecular complexity index is 625. The van der Waals surface area contributed by atoms with Crippen LogP contribution in [-0.4, -0.2) is 37.8 Å². The van der Waals surface area contributed by atoms with Gasteiger partial charge in [-0.15, -0.1) is 0 Å². The van der Waals surface area contributed by atoms with Crippen LogP contribution < -0.4 is 10.6 Å². The standard InChI is InChI=1S/C13H17N7/c14-11-15-12(19-6-1-2-7-19)17-13(16-11)20-8-5-10(18-20)9-3-4-9/h5,8-9H,1-4,6-7H2,(H2,14,15,16,17). The number of nitrogen functional groups attached to an aromatic ring is 1. The van der Waals surface area contributed by atoms with E-state index in [0.29, 0.717) is 17.8 Å². The summed E-state index contributed by atoms with van der Waals surface area (Å²) in [6.07, 6.45) is 6.71. The van der Waals surface area contributed by atoms with Crippen LogP contribution in [0.15, 0.2) is 12.3 Å². The molecule has 0 spiro atoms. The number of nitrogens with zero attached hydrogens (tertiary/aromatic N) is 6. The summed E-state index contributed by atoms with van der Waals surface area (Å²) in [4.78, 5) is 15.1. The molecule has 2 aromatic rings. The molecule has 0 atom stereocenters. The summed E-state index contributed by atoms with van der Waals surface area (Å²) < 4.78 is 1.70. The topological polar surface area (TPSA) is 85.8 Å². The van der Waals surface area contributed by atoms with Crippen molar-refractivity contribution >= 4 is 11.9 Å². The largest absolute Gasteiger partial charge is 0.368 e. The number of hydrogen-bond acceptors (Lipinski definition) is 6. The smallest absolute Gasteiger partial charge is 0.257 e. The summed E-state index contributed by atoms with van der Waals surface area (Å²) in [6, 6.07) is 2.03. The van der Waals surface area contributed by atoms with Crippen LogP contribution in [0.2, 0.25) is 0 Å². The average molecular weight is 271 g/mol. The Hall–Kier alpha value is -2.18. The van der Waals surface area contributed by atoms with Crippen LogP contribution in [0.4, 0.5) is 11.9 Å². The molecule has 2 N–H and O–H groups in total. The SMILES string of the molecule is Nc1nc(N2CCCC2)nc(-n2ccc(C3CC3)n2)n1. The Kier molecular flexibility index (Phi) is 2.58. The Morgan fingerprint density at radius 1 is 1.05 bits per heavy atom. The molecule has 7 nitrogen and oxygen atoms in total. The highest BCUT2D eigenvalue weighted by atomic mass is 15.4. The van der Waals surface area contributed by atoms with Gasteiger partial charge >= 0.3 is 0 Å². The number of rotatable bonds is 3. The van der Waals surface area contributed by atoms with E-state index in [0.717, 1.165) is 18.8 Å². The molecule has 104 valence electrons. The lowest BCUT2D eigenvalue weighted by atomic mass is 10.3. The van der Waals surface area contributed by atoms with Crippen LogP contribution in [0.25, 0.3) is 5.95 Å². The van der Waals surface area contributed by atoms with E-state index in [4.69, 9.17) is 5.73 Å². The zero-order valence-corrected chi connectivity index (χ0v) is 11.2. The fourth-order valence-corrected chi connectivity index (χ4v) is 2.58. The molecule has 1 aliphatic heterocycles. The average Bonchev–Trinajstić information content (AvgIpc) is 2.97. The molecule has 0 unspecified atom stereocenters. The summed E-state index contributed by atoms with van der Waals surface area (Å²) in [5, 5.41) is 4.54. The molecule has 0 bridgehead atoms. The summed E-state index contributed by atoms with van der Waals surface area (Å²) in [5.41, 5.74) is 6.93. The Labute approximate surface area is 116 Å². The van der Waals surface area contributed by atoms with Crippen LogP contribution in [0, 0.1) is 0 Å². The summed E-state index contributed by atoms with van der Waals surface area (Å²) in [7, 11) is 0. The third-order valence-corrected chi connectivity index (χ3v) is 3.83. The van der Waals surface area contributed by atoms with Gasteiger partial charge in [-0.2, -0.15) is 20.1 Å². The number of hydrogen-bond donors (Lipinski definition) is 1. The van der Waals surface area contributed by atoms with Crippen LogP contribution in [0.3, 0.4) is 0 Å². The van der Waals surface area contributed by atoms with E-state index in [9.17, 15) is 0 Å². The van der Waals surface area contributed by atoms with Crippen molar-refractivity contribution in [3.05, 3.63) is 18.0 Å². The van der Waals surface area contributed by atoms with E-state index in [1.54, 1.807) is 4.68 Å². The minimum absolute atomic E-state index is 0.250. The molecule has 0 aromatic carbocycles. The molecule has 0 radical (unpaired) electrons. The van der Waals surface area contributed by atoms with Crippen molar-refractivity contribution in [2.45, 2.75) is 31.6 Å². The maximum atomic E-state index is 5.81. The minimum atomic E-state index is 0.250. The molecular formula is C13H17N7. The first-order valence-electron chi connectivity index (χ1n) is 7.12. The summed E-state index contributed by atoms with van der Waals surface area (Å²) in [5.74, 6) is 2.04. The maximum Gasteiger partial charge on any atom is 0.257 e. The molecular weight excluding hydrogens is 254 g/mol. The van der Waals surface area contributed by atoms with Gasteiger partial charge in [-0.25, -0.2) is 4.68 Å². The summed E-state index contributed by atoms with van der Waals surface area (Å²) in [6.45, 7) is 1.96. The molecule has 2 aliphatic rings. The highest BCUT2D eigenvalue weighted by Crippen LogP contribution is 2.38. The van der Waals surface area contributed by atoms with Crippen molar-refractivity contribution in [3.63, 3.8) is 0 Å². The third kappa shape index (κ3) is 2.09. The van der Waals surface area contributed by atoms with Crippen LogP contribution in [0.1, 0.15) is 37.3 Å². The predicted octanol–water partition coefficient (Wildman–Crippen LogP) is 1.12. The highest BCUT2D eigenvalue weighted by molar-refractivity contribution is 5.38. The first kappa shape index (κ1) is 11.6. The first-order chi connectivity index (χ1) is 9.79. The van der Waals surface area contributed by atoms with E-state index in [-0.39, 0.29) is 5.95 Å². The van der Waals surface area contributed by atoms with Crippen LogP contribution in [-0.2, 0) is 0 Å². The molecule has 2 fully saturated rings. The second kappa shape index (κ2) is 4.43. The fraction of sp³-hybridized carbons (Fsp3) is 0.538. The Balaban J connectivity index is 1.68. The number of anilines is 2. The predicted molar refractivity (Wildman–Crippen MR) is 74.8 cm³/mol. The molecule has 1 saturated heterocycles. The lowest BCUT2D eigenvalue weighted by molar-refractivity contribution is 0.764. The van der Waals surface area contributed by atoms with E-state index < -0.39 is 0 Å². The Morgan fingerprint density at radius 3 is 2.55 bits per heavy atom. The van der Waals surface area contributed by atoms with Gasteiger partial charge in [0.05, 0.1) is 5.69 Å². The van der Waals surface area contributed by atoms with Gasteiger partial charge in [-0.05, 0) is 31.7 Å². The van der Waals surface area contributed by atoms with Gasteiger partial charge in [0.15, 0.2) is 0 Å². The monoisotopic (exact) mass is 271 g/mol. The van der Waals surface area contributed by atoms with Gasteiger partial charge in [0.2, 0.25) is 11.9 Å². The molecule has 1 aliphatic carbocycles. The van der Waals surface area contributed by atoms with Crippen molar-refractivity contribution in [1.82, 2.24) is 24.7 Å². The van der Waals surface area contributed by atoms with Gasteiger partial charge in [-0.3, -0.25) is 0 Å². The van der Waals surface area contributed by atoms with Gasteiger partial charge in [0.1, 0.15) is 0 Å². The molecule has 4 rings (SSSR count). The van der Waals surface area contributed by atoms with Gasteiger partial charge in [0.25, 0.3) is 5.95 Å². The minimum Gasteiger partial charge on any atom is -0.368 e. The van der Waals surface area contributed by atoms with Crippen molar-refractivity contribution in [2.24, 2.45) is 0 Å². The van der Waals surface area contributed by atoms with Crippen molar-refractivity contribution in [1.29, 1.82) is 0 Å². The summed E-state index contributed by atoms with van der Waals surface area (Å²) >= 11 is 0. The highest BCUT2D eigenvalue weighted by Gasteiger charge is 2.26. The fourth-order valence-electron chi connectivity index (χ4n) is 2.58. The number of aromatic nitrogens is 5. The molecule has 2 aromatic heterocycles. The maximum absolute atomic E-state index is 5.81. The quantitative estimate of drug-likeness (QED) is 0.900. The normalized spacial score (nSPS) is 18.7. The third-order valence-electron chi connectivity index (χ3n) is 3.83. The van der Waals surface area contributed by atoms with Crippen LogP contribution >= 0.6 is 0 Å². The zero-order chi connectivity index (χ0) is 13.5. The number of nitrogens with two attached hydrogens (primary N) is 1. The van der Waals surface area contributed by atoms with Gasteiger partial charge < -0.3 is 10.6 Å². The van der Waals surface area contributed by atoms with E-state index in [1.165, 1.54) is 25.7 Å². The first-order valence-corrected chi connectivity index (χ1v) is 7.12. The molecule has 0 amide bonds. The lowest BCUT2D eigenvalue weighted by Crippen LogP contribution is -2.22. The van der Waals surface area contributed by atoms with Crippen molar-refractivity contribution in [2.75, 3.05) is 23.7 Å². The van der Waals surface area contributed by atoms with Crippen LogP contribution in [0.5, 0.6) is 0 Å². The Morgan fingerprint density at radius 2 is 1.80 bits per heavy atom. The van der Waals surface area contributed by atoms with E-state index in [2.05, 4.69) is 25.0 Å². The molecule has 3 heterocycles. The zero-order valence-electron chi connectivity index (χ0n) is 11.2. The second-order valence-electron chi connectivity index (χ2n) is 5.45. The second-order valence-corrected chi connectivity index (χ2v) is 5.45. The van der Waals surface area contributed by atoms with Crippen molar-refractivity contribution < 1.29 is 0 Å². The van der Waals surface area contributed by atoms with E-state index >= 15 is 0 Å².